The van der Waals surface area contributed by atoms with Gasteiger partial charge in [0.05, 0.1) is 6.04 Å². The minimum absolute atomic E-state index is 0.0975. The fraction of sp³-hybridized carbons (Fsp3) is 0.562. The topological polar surface area (TPSA) is 65.5 Å². The molecular weight excluding hydrogens is 280 g/mol. The van der Waals surface area contributed by atoms with Crippen LogP contribution in [0.15, 0.2) is 24.4 Å². The highest BCUT2D eigenvalue weighted by Crippen LogP contribution is 2.14. The van der Waals surface area contributed by atoms with E-state index in [2.05, 4.69) is 10.3 Å². The second kappa shape index (κ2) is 7.24. The minimum Gasteiger partial charge on any atom is -0.338 e. The van der Waals surface area contributed by atoms with Gasteiger partial charge in [0.2, 0.25) is 5.91 Å². The smallest absolute Gasteiger partial charge is 0.317 e. The van der Waals surface area contributed by atoms with Gasteiger partial charge in [-0.05, 0) is 26.0 Å². The van der Waals surface area contributed by atoms with Crippen LogP contribution >= 0.6 is 0 Å². The van der Waals surface area contributed by atoms with Crippen molar-refractivity contribution in [2.24, 2.45) is 0 Å². The fourth-order valence-electron chi connectivity index (χ4n) is 2.54. The maximum atomic E-state index is 12.2. The molecule has 1 N–H and O–H groups in total. The van der Waals surface area contributed by atoms with E-state index in [1.807, 2.05) is 32.0 Å². The Hall–Kier alpha value is -2.11. The third kappa shape index (κ3) is 4.19. The molecule has 2 heterocycles. The second-order valence-electron chi connectivity index (χ2n) is 5.98. The summed E-state index contributed by atoms with van der Waals surface area (Å²) in [5, 5.41) is 2.93. The minimum atomic E-state index is -0.140. The van der Waals surface area contributed by atoms with Crippen LogP contribution in [-0.4, -0.2) is 58.9 Å². The van der Waals surface area contributed by atoms with E-state index in [-0.39, 0.29) is 24.0 Å². The van der Waals surface area contributed by atoms with Crippen LogP contribution in [0.2, 0.25) is 0 Å². The summed E-state index contributed by atoms with van der Waals surface area (Å²) in [6, 6.07) is 5.70. The van der Waals surface area contributed by atoms with Crippen molar-refractivity contribution in [2.75, 3.05) is 20.1 Å². The largest absolute Gasteiger partial charge is 0.338 e. The summed E-state index contributed by atoms with van der Waals surface area (Å²) in [5.41, 5.74) is 0.962. The van der Waals surface area contributed by atoms with Crippen molar-refractivity contribution in [1.29, 1.82) is 0 Å². The zero-order valence-electron chi connectivity index (χ0n) is 13.5. The molecule has 2 rings (SSSR count). The van der Waals surface area contributed by atoms with Gasteiger partial charge in [-0.15, -0.1) is 0 Å². The van der Waals surface area contributed by atoms with Crippen LogP contribution in [0.4, 0.5) is 4.79 Å². The monoisotopic (exact) mass is 304 g/mol. The average Bonchev–Trinajstić information content (AvgIpc) is 2.86. The molecule has 1 aliphatic heterocycles. The number of nitrogens with one attached hydrogen (secondary N) is 1. The summed E-state index contributed by atoms with van der Waals surface area (Å²) >= 11 is 0. The third-order valence-corrected chi connectivity index (χ3v) is 3.89. The predicted octanol–water partition coefficient (Wildman–Crippen LogP) is 1.27. The Morgan fingerprint density at radius 2 is 2.27 bits per heavy atom. The number of nitrogens with zero attached hydrogens (tertiary/aromatic N) is 3. The van der Waals surface area contributed by atoms with Gasteiger partial charge in [0.15, 0.2) is 0 Å². The molecule has 0 spiro atoms. The first-order valence-electron chi connectivity index (χ1n) is 7.68. The molecule has 6 nitrogen and oxygen atoms in total. The SMILES string of the molecule is CC(C)N1C[C@@H](NC(=O)N(C)CCc2ccccn2)CC1=O. The van der Waals surface area contributed by atoms with E-state index >= 15 is 0 Å². The number of amides is 3. The molecule has 22 heavy (non-hydrogen) atoms. The number of aromatic nitrogens is 1. The van der Waals surface area contributed by atoms with E-state index in [0.717, 1.165) is 5.69 Å². The summed E-state index contributed by atoms with van der Waals surface area (Å²) < 4.78 is 0. The Balaban J connectivity index is 1.78. The molecule has 0 radical (unpaired) electrons. The van der Waals surface area contributed by atoms with Crippen molar-refractivity contribution in [2.45, 2.75) is 38.8 Å². The molecule has 1 saturated heterocycles. The Labute approximate surface area is 131 Å². The van der Waals surface area contributed by atoms with Gasteiger partial charge >= 0.3 is 6.03 Å². The Bertz CT molecular complexity index is 518. The summed E-state index contributed by atoms with van der Waals surface area (Å²) in [4.78, 5) is 31.7. The summed E-state index contributed by atoms with van der Waals surface area (Å²) in [6.07, 6.45) is 2.85. The van der Waals surface area contributed by atoms with E-state index in [9.17, 15) is 9.59 Å². The molecule has 0 aromatic carbocycles. The lowest BCUT2D eigenvalue weighted by atomic mass is 10.2. The molecule has 1 atom stereocenters. The Morgan fingerprint density at radius 1 is 1.50 bits per heavy atom. The van der Waals surface area contributed by atoms with Crippen LogP contribution in [0.25, 0.3) is 0 Å². The highest BCUT2D eigenvalue weighted by atomic mass is 16.2. The van der Waals surface area contributed by atoms with Crippen molar-refractivity contribution in [3.63, 3.8) is 0 Å². The number of hydrogen-bond acceptors (Lipinski definition) is 3. The number of likely N-dealkylation sites (tertiary alicyclic amines) is 1. The lowest BCUT2D eigenvalue weighted by Gasteiger charge is -2.23. The zero-order chi connectivity index (χ0) is 16.1. The van der Waals surface area contributed by atoms with Crippen molar-refractivity contribution in [1.82, 2.24) is 20.1 Å². The van der Waals surface area contributed by atoms with Gasteiger partial charge in [-0.2, -0.15) is 0 Å². The molecule has 0 saturated carbocycles. The van der Waals surface area contributed by atoms with Crippen molar-refractivity contribution < 1.29 is 9.59 Å². The van der Waals surface area contributed by atoms with Crippen LogP contribution < -0.4 is 5.32 Å². The van der Waals surface area contributed by atoms with Gasteiger partial charge in [-0.3, -0.25) is 9.78 Å². The lowest BCUT2D eigenvalue weighted by Crippen LogP contribution is -2.45. The summed E-state index contributed by atoms with van der Waals surface area (Å²) in [6.45, 7) is 5.16. The van der Waals surface area contributed by atoms with E-state index < -0.39 is 0 Å². The van der Waals surface area contributed by atoms with Crippen molar-refractivity contribution in [3.05, 3.63) is 30.1 Å². The number of pyridine rings is 1. The summed E-state index contributed by atoms with van der Waals surface area (Å²) in [7, 11) is 1.76. The van der Waals surface area contributed by atoms with Gasteiger partial charge in [0.25, 0.3) is 0 Å². The van der Waals surface area contributed by atoms with Gasteiger partial charge in [-0.1, -0.05) is 6.07 Å². The average molecular weight is 304 g/mol. The number of hydrogen-bond donors (Lipinski definition) is 1. The second-order valence-corrected chi connectivity index (χ2v) is 5.98. The Kier molecular flexibility index (Phi) is 5.35. The first-order valence-corrected chi connectivity index (χ1v) is 7.68. The molecule has 120 valence electrons. The maximum absolute atomic E-state index is 12.2. The lowest BCUT2D eigenvalue weighted by molar-refractivity contribution is -0.129. The molecule has 0 aliphatic carbocycles. The molecule has 1 aromatic heterocycles. The third-order valence-electron chi connectivity index (χ3n) is 3.89. The quantitative estimate of drug-likeness (QED) is 0.891. The number of rotatable bonds is 5. The number of carbonyl (C=O) groups is 2. The molecule has 3 amide bonds. The fourth-order valence-corrected chi connectivity index (χ4v) is 2.54. The van der Waals surface area contributed by atoms with E-state index in [0.29, 0.717) is 25.9 Å². The van der Waals surface area contributed by atoms with Gasteiger partial charge in [0.1, 0.15) is 0 Å². The molecule has 0 bridgehead atoms. The van der Waals surface area contributed by atoms with Crippen molar-refractivity contribution >= 4 is 11.9 Å². The first-order chi connectivity index (χ1) is 10.5. The highest BCUT2D eigenvalue weighted by Gasteiger charge is 2.32. The summed E-state index contributed by atoms with van der Waals surface area (Å²) in [5.74, 6) is 0.108. The molecule has 1 fully saturated rings. The molecule has 1 aromatic rings. The Morgan fingerprint density at radius 3 is 2.86 bits per heavy atom. The molecule has 6 heteroatoms. The predicted molar refractivity (Wildman–Crippen MR) is 84.4 cm³/mol. The van der Waals surface area contributed by atoms with Crippen LogP contribution in [0.3, 0.4) is 0 Å². The number of likely N-dealkylation sites (N-methyl/N-ethyl adjacent to an activating group) is 1. The van der Waals surface area contributed by atoms with E-state index in [4.69, 9.17) is 0 Å². The molecule has 0 unspecified atom stereocenters. The molecular formula is C16H24N4O2. The molecule has 1 aliphatic rings. The van der Waals surface area contributed by atoms with Gasteiger partial charge in [-0.25, -0.2) is 4.79 Å². The zero-order valence-corrected chi connectivity index (χ0v) is 13.5. The van der Waals surface area contributed by atoms with Crippen LogP contribution in [0.5, 0.6) is 0 Å². The number of urea groups is 1. The van der Waals surface area contributed by atoms with Crippen LogP contribution in [0.1, 0.15) is 26.0 Å². The first kappa shape index (κ1) is 16.3. The maximum Gasteiger partial charge on any atom is 0.317 e. The van der Waals surface area contributed by atoms with Crippen molar-refractivity contribution in [3.8, 4) is 0 Å². The van der Waals surface area contributed by atoms with Crippen LogP contribution in [-0.2, 0) is 11.2 Å². The van der Waals surface area contributed by atoms with Gasteiger partial charge < -0.3 is 15.1 Å². The van der Waals surface area contributed by atoms with Crippen LogP contribution in [0, 0.1) is 0 Å². The normalized spacial score (nSPS) is 17.9. The number of carbonyl (C=O) groups excluding carboxylic acids is 2. The van der Waals surface area contributed by atoms with E-state index in [1.165, 1.54) is 0 Å². The standard InChI is InChI=1S/C16H24N4O2/c1-12(2)20-11-14(10-15(20)21)18-16(22)19(3)9-7-13-6-4-5-8-17-13/h4-6,8,12,14H,7,9-11H2,1-3H3,(H,18,22)/t14-/m0/s1. The highest BCUT2D eigenvalue weighted by molar-refractivity contribution is 5.81. The van der Waals surface area contributed by atoms with E-state index in [1.54, 1.807) is 23.0 Å². The van der Waals surface area contributed by atoms with Gasteiger partial charge in [0, 0.05) is 50.9 Å².